The zero-order valence-electron chi connectivity index (χ0n) is 15.4. The van der Waals surface area contributed by atoms with E-state index in [0.29, 0.717) is 31.9 Å². The van der Waals surface area contributed by atoms with E-state index in [1.165, 1.54) is 0 Å². The molecule has 0 amide bonds. The fraction of sp³-hybridized carbons (Fsp3) is 0.526. The van der Waals surface area contributed by atoms with Gasteiger partial charge in [0.15, 0.2) is 0 Å². The molecule has 0 aliphatic carbocycles. The van der Waals surface area contributed by atoms with Crippen molar-refractivity contribution in [1.29, 1.82) is 0 Å². The molecular weight excluding hydrogens is 338 g/mol. The first kappa shape index (κ1) is 20.0. The van der Waals surface area contributed by atoms with E-state index in [1.807, 2.05) is 55.4 Å². The molecule has 0 radical (unpaired) electrons. The molecule has 138 valence electrons. The monoisotopic (exact) mass is 365 g/mol. The highest BCUT2D eigenvalue weighted by Crippen LogP contribution is 2.30. The quantitative estimate of drug-likeness (QED) is 0.549. The SMILES string of the molecule is CCOC(=O)C1=CCN([S@@+]([O-])C(C)(C)C)[C@H]1COCc1ccccc1. The number of hydrogen-bond acceptors (Lipinski definition) is 5. The molecule has 1 aliphatic heterocycles. The van der Waals surface area contributed by atoms with Crippen LogP contribution in [0.1, 0.15) is 33.3 Å². The minimum absolute atomic E-state index is 0.293. The molecule has 5 nitrogen and oxygen atoms in total. The van der Waals surface area contributed by atoms with Crippen molar-refractivity contribution in [2.75, 3.05) is 19.8 Å². The highest BCUT2D eigenvalue weighted by Gasteiger charge is 2.44. The van der Waals surface area contributed by atoms with Crippen LogP contribution < -0.4 is 0 Å². The van der Waals surface area contributed by atoms with Crippen molar-refractivity contribution in [1.82, 2.24) is 4.31 Å². The van der Waals surface area contributed by atoms with Gasteiger partial charge in [0, 0.05) is 11.4 Å². The van der Waals surface area contributed by atoms with Crippen LogP contribution in [0.5, 0.6) is 0 Å². The maximum absolute atomic E-state index is 12.8. The Kier molecular flexibility index (Phi) is 7.07. The summed E-state index contributed by atoms with van der Waals surface area (Å²) in [6.45, 7) is 9.06. The lowest BCUT2D eigenvalue weighted by Crippen LogP contribution is -2.48. The molecule has 1 aromatic rings. The summed E-state index contributed by atoms with van der Waals surface area (Å²) in [6.07, 6.45) is 1.80. The smallest absolute Gasteiger partial charge is 0.335 e. The summed E-state index contributed by atoms with van der Waals surface area (Å²) in [5, 5.41) is 0. The molecule has 0 fully saturated rings. The molecule has 6 heteroatoms. The van der Waals surface area contributed by atoms with E-state index in [-0.39, 0.29) is 12.0 Å². The van der Waals surface area contributed by atoms with Crippen LogP contribution in [0.3, 0.4) is 0 Å². The molecule has 0 N–H and O–H groups in total. The molecule has 0 saturated heterocycles. The number of carbonyl (C=O) groups is 1. The fourth-order valence-corrected chi connectivity index (χ4v) is 3.93. The number of carbonyl (C=O) groups excluding carboxylic acids is 1. The first-order valence-corrected chi connectivity index (χ1v) is 9.62. The van der Waals surface area contributed by atoms with Gasteiger partial charge in [-0.2, -0.15) is 0 Å². The number of benzene rings is 1. The van der Waals surface area contributed by atoms with Gasteiger partial charge in [-0.15, -0.1) is 4.31 Å². The Morgan fingerprint density at radius 2 is 2.00 bits per heavy atom. The predicted molar refractivity (Wildman–Crippen MR) is 99.2 cm³/mol. The van der Waals surface area contributed by atoms with E-state index in [9.17, 15) is 9.35 Å². The van der Waals surface area contributed by atoms with E-state index in [0.717, 1.165) is 5.56 Å². The maximum atomic E-state index is 12.8. The van der Waals surface area contributed by atoms with Gasteiger partial charge >= 0.3 is 5.97 Å². The molecule has 1 aromatic carbocycles. The number of ether oxygens (including phenoxy) is 2. The van der Waals surface area contributed by atoms with E-state index in [4.69, 9.17) is 9.47 Å². The molecule has 1 aliphatic rings. The van der Waals surface area contributed by atoms with Crippen LogP contribution in [0.2, 0.25) is 0 Å². The summed E-state index contributed by atoms with van der Waals surface area (Å²) in [7, 11) is 0. The Hall–Kier alpha value is -1.34. The second kappa shape index (κ2) is 8.85. The summed E-state index contributed by atoms with van der Waals surface area (Å²) in [4.78, 5) is 12.2. The standard InChI is InChI=1S/C19H27NO4S/c1-5-24-18(21)16-11-12-20(25(22)19(2,3)4)17(16)14-23-13-15-9-7-6-8-10-15/h6-11,17H,5,12-14H2,1-4H3/t17-,25-/m0/s1. The minimum Gasteiger partial charge on any atom is -0.597 e. The zero-order chi connectivity index (χ0) is 18.4. The maximum Gasteiger partial charge on any atom is 0.335 e. The lowest BCUT2D eigenvalue weighted by molar-refractivity contribution is -0.139. The number of nitrogens with zero attached hydrogens (tertiary/aromatic N) is 1. The van der Waals surface area contributed by atoms with Crippen LogP contribution in [-0.4, -0.2) is 45.4 Å². The van der Waals surface area contributed by atoms with Crippen LogP contribution in [0.15, 0.2) is 42.0 Å². The number of hydrogen-bond donors (Lipinski definition) is 0. The highest BCUT2D eigenvalue weighted by molar-refractivity contribution is 7.90. The van der Waals surface area contributed by atoms with Crippen LogP contribution in [0.25, 0.3) is 0 Å². The van der Waals surface area contributed by atoms with Crippen LogP contribution >= 0.6 is 0 Å². The Morgan fingerprint density at radius 1 is 1.32 bits per heavy atom. The van der Waals surface area contributed by atoms with Crippen LogP contribution in [-0.2, 0) is 32.2 Å². The van der Waals surface area contributed by atoms with Crippen molar-refractivity contribution in [3.8, 4) is 0 Å². The van der Waals surface area contributed by atoms with Crippen molar-refractivity contribution in [3.63, 3.8) is 0 Å². The molecule has 2 atom stereocenters. The van der Waals surface area contributed by atoms with Crippen molar-refractivity contribution >= 4 is 17.3 Å². The van der Waals surface area contributed by atoms with Gasteiger partial charge < -0.3 is 14.0 Å². The van der Waals surface area contributed by atoms with Gasteiger partial charge in [0.25, 0.3) is 0 Å². The molecule has 25 heavy (non-hydrogen) atoms. The van der Waals surface area contributed by atoms with Crippen molar-refractivity contribution < 1.29 is 18.8 Å². The van der Waals surface area contributed by atoms with E-state index < -0.39 is 16.1 Å². The molecule has 0 saturated carbocycles. The third-order valence-corrected chi connectivity index (χ3v) is 5.71. The van der Waals surface area contributed by atoms with Gasteiger partial charge in [0.2, 0.25) is 0 Å². The highest BCUT2D eigenvalue weighted by atomic mass is 32.2. The largest absolute Gasteiger partial charge is 0.597 e. The molecule has 2 rings (SSSR count). The first-order valence-electron chi connectivity index (χ1n) is 8.52. The summed E-state index contributed by atoms with van der Waals surface area (Å²) in [5.41, 5.74) is 1.60. The van der Waals surface area contributed by atoms with Crippen molar-refractivity contribution in [2.24, 2.45) is 0 Å². The fourth-order valence-electron chi connectivity index (χ4n) is 2.61. The number of esters is 1. The third-order valence-electron chi connectivity index (χ3n) is 3.83. The lowest BCUT2D eigenvalue weighted by atomic mass is 10.1. The van der Waals surface area contributed by atoms with Crippen molar-refractivity contribution in [3.05, 3.63) is 47.5 Å². The second-order valence-electron chi connectivity index (χ2n) is 6.86. The Balaban J connectivity index is 2.07. The Morgan fingerprint density at radius 3 is 2.60 bits per heavy atom. The van der Waals surface area contributed by atoms with E-state index in [2.05, 4.69) is 0 Å². The van der Waals surface area contributed by atoms with Gasteiger partial charge in [-0.3, -0.25) is 0 Å². The summed E-state index contributed by atoms with van der Waals surface area (Å²) >= 11 is -1.24. The average molecular weight is 365 g/mol. The minimum atomic E-state index is -1.24. The topological polar surface area (TPSA) is 61.8 Å². The molecule has 0 unspecified atom stereocenters. The normalized spacial score (nSPS) is 19.6. The summed E-state index contributed by atoms with van der Waals surface area (Å²) < 4.78 is 25.2. The predicted octanol–water partition coefficient (Wildman–Crippen LogP) is 2.84. The van der Waals surface area contributed by atoms with Crippen molar-refractivity contribution in [2.45, 2.75) is 45.1 Å². The molecule has 0 aromatic heterocycles. The van der Waals surface area contributed by atoms with E-state index in [1.54, 1.807) is 13.0 Å². The summed E-state index contributed by atoms with van der Waals surface area (Å²) in [6, 6.07) is 9.49. The molecule has 0 bridgehead atoms. The Bertz CT molecular complexity index is 597. The molecule has 0 spiro atoms. The van der Waals surface area contributed by atoms with Crippen LogP contribution in [0, 0.1) is 0 Å². The Labute approximate surface area is 153 Å². The van der Waals surface area contributed by atoms with Gasteiger partial charge in [0.05, 0.1) is 31.9 Å². The van der Waals surface area contributed by atoms with Gasteiger partial charge in [-0.05, 0) is 33.3 Å². The molecular formula is C19H27NO4S. The van der Waals surface area contributed by atoms with Gasteiger partial charge in [-0.25, -0.2) is 4.79 Å². The molecule has 1 heterocycles. The lowest BCUT2D eigenvalue weighted by Gasteiger charge is -2.34. The van der Waals surface area contributed by atoms with Gasteiger partial charge in [0.1, 0.15) is 10.8 Å². The second-order valence-corrected chi connectivity index (χ2v) is 9.05. The first-order chi connectivity index (χ1) is 11.8. The van der Waals surface area contributed by atoms with Crippen LogP contribution in [0.4, 0.5) is 0 Å². The van der Waals surface area contributed by atoms with E-state index >= 15 is 0 Å². The van der Waals surface area contributed by atoms with Gasteiger partial charge in [-0.1, -0.05) is 36.4 Å². The number of rotatable bonds is 7. The third kappa shape index (κ3) is 5.31. The summed E-state index contributed by atoms with van der Waals surface area (Å²) in [5.74, 6) is -0.357. The zero-order valence-corrected chi connectivity index (χ0v) is 16.2. The average Bonchev–Trinajstić information content (AvgIpc) is 2.98.